The van der Waals surface area contributed by atoms with Crippen molar-refractivity contribution in [1.29, 1.82) is 0 Å². The summed E-state index contributed by atoms with van der Waals surface area (Å²) in [4.78, 5) is 52.5. The molecule has 0 spiro atoms. The van der Waals surface area contributed by atoms with Crippen LogP contribution in [0.4, 0.5) is 10.5 Å². The molecule has 0 aromatic heterocycles. The van der Waals surface area contributed by atoms with Gasteiger partial charge in [-0.1, -0.05) is 42.5 Å². The Morgan fingerprint density at radius 2 is 1.81 bits per heavy atom. The molecule has 2 fully saturated rings. The molecule has 2 aliphatic heterocycles. The topological polar surface area (TPSA) is 108 Å². The number of imide groups is 1. The monoisotopic (exact) mass is 436 g/mol. The fourth-order valence-corrected chi connectivity index (χ4v) is 3.98. The quantitative estimate of drug-likeness (QED) is 0.673. The van der Waals surface area contributed by atoms with Crippen molar-refractivity contribution in [3.63, 3.8) is 0 Å². The molecule has 5 amide bonds. The van der Waals surface area contributed by atoms with Gasteiger partial charge < -0.3 is 15.0 Å². The number of urea groups is 1. The Bertz CT molecular complexity index is 1070. The summed E-state index contributed by atoms with van der Waals surface area (Å²) < 4.78 is 5.59. The van der Waals surface area contributed by atoms with Crippen molar-refractivity contribution in [2.75, 3.05) is 18.1 Å². The first-order valence-electron chi connectivity index (χ1n) is 10.4. The van der Waals surface area contributed by atoms with Crippen LogP contribution in [0.3, 0.4) is 0 Å². The van der Waals surface area contributed by atoms with E-state index in [1.807, 2.05) is 6.92 Å². The maximum atomic E-state index is 13.0. The Morgan fingerprint density at radius 3 is 2.53 bits per heavy atom. The maximum absolute atomic E-state index is 13.0. The fraction of sp³-hybridized carbons (Fsp3) is 0.304. The van der Waals surface area contributed by atoms with Crippen LogP contribution in [-0.4, -0.2) is 41.9 Å². The van der Waals surface area contributed by atoms with E-state index in [0.717, 1.165) is 0 Å². The van der Waals surface area contributed by atoms with E-state index < -0.39 is 29.3 Å². The number of hydrogen-bond donors (Lipinski definition) is 2. The number of para-hydroxylation sites is 2. The summed E-state index contributed by atoms with van der Waals surface area (Å²) in [7, 11) is 0. The summed E-state index contributed by atoms with van der Waals surface area (Å²) in [6, 6.07) is 15.2. The molecule has 2 aromatic carbocycles. The largest absolute Gasteiger partial charge is 0.492 e. The lowest BCUT2D eigenvalue weighted by atomic mass is 9.92. The molecular weight excluding hydrogens is 412 g/mol. The standard InChI is InChI=1S/C23H24N4O5/c1-3-32-18-12-8-7-11-17(18)26-14-15(13-19(26)28)20(29)25-27-21(30)23(2,24-22(27)31)16-9-5-4-6-10-16/h4-12,15H,3,13-14H2,1-2H3,(H,24,31)(H,25,29). The predicted molar refractivity (Wildman–Crippen MR) is 115 cm³/mol. The molecule has 2 saturated heterocycles. The molecule has 166 valence electrons. The number of ether oxygens (including phenoxy) is 1. The predicted octanol–water partition coefficient (Wildman–Crippen LogP) is 1.94. The third-order valence-electron chi connectivity index (χ3n) is 5.72. The molecule has 4 rings (SSSR count). The Labute approximate surface area is 185 Å². The number of rotatable bonds is 6. The summed E-state index contributed by atoms with van der Waals surface area (Å²) in [5.41, 5.74) is 2.29. The van der Waals surface area contributed by atoms with Crippen LogP contribution >= 0.6 is 0 Å². The number of amides is 5. The Balaban J connectivity index is 1.48. The molecule has 9 heteroatoms. The number of benzene rings is 2. The number of nitrogens with zero attached hydrogens (tertiary/aromatic N) is 2. The molecule has 2 aromatic rings. The van der Waals surface area contributed by atoms with Crippen molar-refractivity contribution < 1.29 is 23.9 Å². The summed E-state index contributed by atoms with van der Waals surface area (Å²) in [6.07, 6.45) is -0.0358. The number of nitrogens with one attached hydrogen (secondary N) is 2. The van der Waals surface area contributed by atoms with E-state index in [2.05, 4.69) is 10.7 Å². The summed E-state index contributed by atoms with van der Waals surface area (Å²) in [5, 5.41) is 3.33. The zero-order valence-electron chi connectivity index (χ0n) is 17.8. The molecule has 2 aliphatic rings. The Morgan fingerprint density at radius 1 is 1.12 bits per heavy atom. The van der Waals surface area contributed by atoms with Gasteiger partial charge in [-0.05, 0) is 31.5 Å². The highest BCUT2D eigenvalue weighted by atomic mass is 16.5. The lowest BCUT2D eigenvalue weighted by Crippen LogP contribution is -2.50. The van der Waals surface area contributed by atoms with E-state index in [1.165, 1.54) is 4.90 Å². The van der Waals surface area contributed by atoms with E-state index in [4.69, 9.17) is 4.74 Å². The number of carbonyl (C=O) groups excluding carboxylic acids is 4. The van der Waals surface area contributed by atoms with Gasteiger partial charge in [-0.15, -0.1) is 0 Å². The third-order valence-corrected chi connectivity index (χ3v) is 5.72. The molecule has 0 aliphatic carbocycles. The minimum atomic E-state index is -1.29. The maximum Gasteiger partial charge on any atom is 0.344 e. The molecular formula is C23H24N4O5. The number of hydrazine groups is 1. The van der Waals surface area contributed by atoms with Crippen molar-refractivity contribution in [3.8, 4) is 5.75 Å². The first-order valence-corrected chi connectivity index (χ1v) is 10.4. The lowest BCUT2D eigenvalue weighted by Gasteiger charge is -2.23. The van der Waals surface area contributed by atoms with E-state index in [-0.39, 0.29) is 18.9 Å². The molecule has 32 heavy (non-hydrogen) atoms. The van der Waals surface area contributed by atoms with Crippen LogP contribution in [0.25, 0.3) is 0 Å². The van der Waals surface area contributed by atoms with Crippen molar-refractivity contribution in [2.24, 2.45) is 5.92 Å². The molecule has 0 bridgehead atoms. The first kappa shape index (κ1) is 21.4. The SMILES string of the molecule is CCOc1ccccc1N1CC(C(=O)NN2C(=O)NC(C)(c3ccccc3)C2=O)CC1=O. The molecule has 9 nitrogen and oxygen atoms in total. The van der Waals surface area contributed by atoms with Crippen molar-refractivity contribution >= 4 is 29.4 Å². The Kier molecular flexibility index (Phi) is 5.56. The van der Waals surface area contributed by atoms with Crippen molar-refractivity contribution in [3.05, 3.63) is 60.2 Å². The van der Waals surface area contributed by atoms with Gasteiger partial charge in [-0.2, -0.15) is 5.01 Å². The van der Waals surface area contributed by atoms with Crippen molar-refractivity contribution in [2.45, 2.75) is 25.8 Å². The molecule has 2 atom stereocenters. The van der Waals surface area contributed by atoms with Gasteiger partial charge in [0.25, 0.3) is 5.91 Å². The van der Waals surface area contributed by atoms with E-state index in [9.17, 15) is 19.2 Å². The minimum absolute atomic E-state index is 0.0358. The zero-order chi connectivity index (χ0) is 22.9. The van der Waals surface area contributed by atoms with Gasteiger partial charge in [0.05, 0.1) is 18.2 Å². The molecule has 0 saturated carbocycles. The average molecular weight is 436 g/mol. The zero-order valence-corrected chi connectivity index (χ0v) is 17.8. The van der Waals surface area contributed by atoms with Crippen LogP contribution in [0.15, 0.2) is 54.6 Å². The van der Waals surface area contributed by atoms with E-state index >= 15 is 0 Å². The second-order valence-corrected chi connectivity index (χ2v) is 7.84. The van der Waals surface area contributed by atoms with Gasteiger partial charge >= 0.3 is 6.03 Å². The molecule has 2 heterocycles. The number of carbonyl (C=O) groups is 4. The minimum Gasteiger partial charge on any atom is -0.492 e. The van der Waals surface area contributed by atoms with Gasteiger partial charge in [0.1, 0.15) is 11.3 Å². The van der Waals surface area contributed by atoms with E-state index in [0.29, 0.717) is 28.6 Å². The fourth-order valence-electron chi connectivity index (χ4n) is 3.98. The highest BCUT2D eigenvalue weighted by Crippen LogP contribution is 2.33. The first-order chi connectivity index (χ1) is 15.3. The number of hydrogen-bond acceptors (Lipinski definition) is 5. The van der Waals surface area contributed by atoms with Crippen LogP contribution in [0.2, 0.25) is 0 Å². The molecule has 0 radical (unpaired) electrons. The summed E-state index contributed by atoms with van der Waals surface area (Å²) >= 11 is 0. The summed E-state index contributed by atoms with van der Waals surface area (Å²) in [5.74, 6) is -1.57. The average Bonchev–Trinajstić information content (AvgIpc) is 3.28. The molecule has 2 unspecified atom stereocenters. The lowest BCUT2D eigenvalue weighted by molar-refractivity contribution is -0.140. The van der Waals surface area contributed by atoms with Crippen molar-refractivity contribution in [1.82, 2.24) is 15.8 Å². The van der Waals surface area contributed by atoms with Crippen LogP contribution < -0.4 is 20.4 Å². The van der Waals surface area contributed by atoms with Gasteiger partial charge in [0.15, 0.2) is 0 Å². The second kappa shape index (κ2) is 8.33. The summed E-state index contributed by atoms with van der Waals surface area (Å²) in [6.45, 7) is 3.99. The third kappa shape index (κ3) is 3.66. The second-order valence-electron chi connectivity index (χ2n) is 7.84. The Hall–Kier alpha value is -3.88. The smallest absolute Gasteiger partial charge is 0.344 e. The normalized spacial score (nSPS) is 22.8. The molecule has 2 N–H and O–H groups in total. The highest BCUT2D eigenvalue weighted by Gasteiger charge is 2.50. The number of anilines is 1. The van der Waals surface area contributed by atoms with Gasteiger partial charge in [-0.3, -0.25) is 19.8 Å². The van der Waals surface area contributed by atoms with Crippen LogP contribution in [0.1, 0.15) is 25.8 Å². The highest BCUT2D eigenvalue weighted by molar-refractivity contribution is 6.09. The van der Waals surface area contributed by atoms with Crippen LogP contribution in [0.5, 0.6) is 5.75 Å². The van der Waals surface area contributed by atoms with Gasteiger partial charge in [-0.25, -0.2) is 4.79 Å². The van der Waals surface area contributed by atoms with Crippen LogP contribution in [0, 0.1) is 5.92 Å². The van der Waals surface area contributed by atoms with Crippen LogP contribution in [-0.2, 0) is 19.9 Å². The van der Waals surface area contributed by atoms with Gasteiger partial charge in [0, 0.05) is 13.0 Å². The van der Waals surface area contributed by atoms with Gasteiger partial charge in [0.2, 0.25) is 11.8 Å². The van der Waals surface area contributed by atoms with E-state index in [1.54, 1.807) is 61.5 Å².